The van der Waals surface area contributed by atoms with E-state index in [9.17, 15) is 14.0 Å². The molecule has 0 saturated carbocycles. The number of nitrogens with zero attached hydrogens (tertiary/aromatic N) is 3. The molecular weight excluding hydrogens is 429 g/mol. The molecule has 0 fully saturated rings. The van der Waals surface area contributed by atoms with Crippen LogP contribution < -0.4 is 10.3 Å². The number of amides is 1. The van der Waals surface area contributed by atoms with Crippen LogP contribution in [0.5, 0.6) is 0 Å². The maximum Gasteiger partial charge on any atom is 0.297 e. The molecule has 6 nitrogen and oxygen atoms in total. The smallest absolute Gasteiger partial charge is 0.297 e. The van der Waals surface area contributed by atoms with Crippen LogP contribution in [0.2, 0.25) is 0 Å². The molecular formula is C24H14FN3O3S. The molecule has 1 atom stereocenters. The van der Waals surface area contributed by atoms with Gasteiger partial charge in [-0.25, -0.2) is 4.39 Å². The summed E-state index contributed by atoms with van der Waals surface area (Å²) in [5, 5.41) is 11.0. The van der Waals surface area contributed by atoms with E-state index < -0.39 is 17.8 Å². The van der Waals surface area contributed by atoms with Gasteiger partial charge in [0.2, 0.25) is 10.9 Å². The minimum Gasteiger partial charge on any atom is -0.450 e. The van der Waals surface area contributed by atoms with Crippen molar-refractivity contribution in [2.24, 2.45) is 0 Å². The zero-order valence-electron chi connectivity index (χ0n) is 16.7. The number of halogens is 1. The topological polar surface area (TPSA) is 76.3 Å². The van der Waals surface area contributed by atoms with Crippen LogP contribution in [0.4, 0.5) is 9.52 Å². The van der Waals surface area contributed by atoms with Gasteiger partial charge in [-0.2, -0.15) is 0 Å². The van der Waals surface area contributed by atoms with E-state index in [-0.39, 0.29) is 27.4 Å². The zero-order valence-corrected chi connectivity index (χ0v) is 17.5. The van der Waals surface area contributed by atoms with Gasteiger partial charge in [0.25, 0.3) is 5.91 Å². The van der Waals surface area contributed by atoms with Gasteiger partial charge in [0.15, 0.2) is 5.43 Å². The molecule has 1 unspecified atom stereocenters. The van der Waals surface area contributed by atoms with Gasteiger partial charge in [-0.05, 0) is 24.4 Å². The molecule has 156 valence electrons. The fourth-order valence-corrected chi connectivity index (χ4v) is 4.99. The maximum absolute atomic E-state index is 14.9. The highest BCUT2D eigenvalue weighted by Gasteiger charge is 2.46. The van der Waals surface area contributed by atoms with Crippen molar-refractivity contribution in [2.45, 2.75) is 13.0 Å². The molecule has 32 heavy (non-hydrogen) atoms. The van der Waals surface area contributed by atoms with Crippen LogP contribution >= 0.6 is 11.3 Å². The van der Waals surface area contributed by atoms with Crippen LogP contribution in [0.1, 0.15) is 32.7 Å². The lowest BCUT2D eigenvalue weighted by Gasteiger charge is -2.22. The maximum atomic E-state index is 14.9. The van der Waals surface area contributed by atoms with E-state index in [0.717, 1.165) is 10.8 Å². The SMILES string of the molecule is Cc1nnc(N2C(=O)c3oc4c(ccc5ccccc54)c(=O)c3C2c2ccccc2F)s1. The summed E-state index contributed by atoms with van der Waals surface area (Å²) in [5.74, 6) is -1.17. The highest BCUT2D eigenvalue weighted by atomic mass is 32.1. The van der Waals surface area contributed by atoms with Crippen molar-refractivity contribution < 1.29 is 13.6 Å². The lowest BCUT2D eigenvalue weighted by molar-refractivity contribution is 0.0970. The summed E-state index contributed by atoms with van der Waals surface area (Å²) in [5.41, 5.74) is 0.274. The molecule has 3 heterocycles. The summed E-state index contributed by atoms with van der Waals surface area (Å²) in [7, 11) is 0. The fourth-order valence-electron chi connectivity index (χ4n) is 4.27. The molecule has 0 saturated heterocycles. The van der Waals surface area contributed by atoms with Crippen molar-refractivity contribution in [3.05, 3.63) is 98.6 Å². The van der Waals surface area contributed by atoms with Crippen molar-refractivity contribution in [1.82, 2.24) is 10.2 Å². The average molecular weight is 443 g/mol. The normalized spacial score (nSPS) is 15.6. The number of hydrogen-bond acceptors (Lipinski definition) is 6. The van der Waals surface area contributed by atoms with E-state index in [1.54, 1.807) is 31.2 Å². The van der Waals surface area contributed by atoms with Gasteiger partial charge in [0, 0.05) is 10.9 Å². The van der Waals surface area contributed by atoms with Gasteiger partial charge in [-0.3, -0.25) is 14.5 Å². The predicted molar refractivity (Wildman–Crippen MR) is 120 cm³/mol. The summed E-state index contributed by atoms with van der Waals surface area (Å²) in [4.78, 5) is 28.5. The number of anilines is 1. The summed E-state index contributed by atoms with van der Waals surface area (Å²) in [6, 6.07) is 16.1. The molecule has 1 amide bonds. The second kappa shape index (κ2) is 6.80. The molecule has 2 aromatic heterocycles. The average Bonchev–Trinajstić information content (AvgIpc) is 3.35. The predicted octanol–water partition coefficient (Wildman–Crippen LogP) is 5.00. The molecule has 1 aliphatic heterocycles. The molecule has 0 radical (unpaired) electrons. The number of hydrogen-bond donors (Lipinski definition) is 0. The van der Waals surface area contributed by atoms with Gasteiger partial charge in [0.1, 0.15) is 22.4 Å². The van der Waals surface area contributed by atoms with Crippen LogP contribution in [-0.4, -0.2) is 16.1 Å². The lowest BCUT2D eigenvalue weighted by atomic mass is 9.97. The Morgan fingerprint density at radius 1 is 0.969 bits per heavy atom. The lowest BCUT2D eigenvalue weighted by Crippen LogP contribution is -2.30. The number of benzene rings is 3. The van der Waals surface area contributed by atoms with E-state index in [4.69, 9.17) is 4.42 Å². The molecule has 8 heteroatoms. The third kappa shape index (κ3) is 2.56. The second-order valence-electron chi connectivity index (χ2n) is 7.54. The number of rotatable bonds is 2. The first kappa shape index (κ1) is 18.8. The summed E-state index contributed by atoms with van der Waals surface area (Å²) < 4.78 is 21.0. The standard InChI is InChI=1S/C24H14FN3O3S/c1-12-26-27-24(32-12)28-19(15-8-4-5-9-17(15)25)18-20(29)16-11-10-13-6-2-3-7-14(13)21(16)31-22(18)23(28)30/h2-11,19H,1H3. The summed E-state index contributed by atoms with van der Waals surface area (Å²) in [6.07, 6.45) is 0. The van der Waals surface area contributed by atoms with Gasteiger partial charge in [-0.15, -0.1) is 10.2 Å². The molecule has 0 spiro atoms. The van der Waals surface area contributed by atoms with Gasteiger partial charge in [0.05, 0.1) is 10.9 Å². The number of aromatic nitrogens is 2. The quantitative estimate of drug-likeness (QED) is 0.359. The van der Waals surface area contributed by atoms with Crippen LogP contribution in [-0.2, 0) is 0 Å². The molecule has 5 aromatic rings. The van der Waals surface area contributed by atoms with E-state index in [0.29, 0.717) is 16.0 Å². The zero-order chi connectivity index (χ0) is 22.0. The Hall–Kier alpha value is -3.91. The molecule has 0 aliphatic carbocycles. The fraction of sp³-hybridized carbons (Fsp3) is 0.0833. The molecule has 6 rings (SSSR count). The second-order valence-corrected chi connectivity index (χ2v) is 8.70. The van der Waals surface area contributed by atoms with Crippen LogP contribution in [0.15, 0.2) is 69.9 Å². The van der Waals surface area contributed by atoms with E-state index >= 15 is 0 Å². The Morgan fingerprint density at radius 3 is 2.53 bits per heavy atom. The van der Waals surface area contributed by atoms with Gasteiger partial charge >= 0.3 is 0 Å². The minimum atomic E-state index is -1.00. The molecule has 0 N–H and O–H groups in total. The Balaban J connectivity index is 1.71. The first-order valence-corrected chi connectivity index (χ1v) is 10.7. The van der Waals surface area contributed by atoms with Gasteiger partial charge in [-0.1, -0.05) is 59.9 Å². The molecule has 1 aliphatic rings. The van der Waals surface area contributed by atoms with Crippen LogP contribution in [0, 0.1) is 12.7 Å². The van der Waals surface area contributed by atoms with Crippen LogP contribution in [0.25, 0.3) is 21.7 Å². The highest BCUT2D eigenvalue weighted by molar-refractivity contribution is 7.15. The Morgan fingerprint density at radius 2 is 1.75 bits per heavy atom. The minimum absolute atomic E-state index is 0.0973. The number of carbonyl (C=O) groups excluding carboxylic acids is 1. The molecule has 0 bridgehead atoms. The van der Waals surface area contributed by atoms with E-state index in [2.05, 4.69) is 10.2 Å². The third-order valence-corrected chi connectivity index (χ3v) is 6.52. The number of aryl methyl sites for hydroxylation is 1. The number of fused-ring (bicyclic) bond motifs is 4. The monoisotopic (exact) mass is 443 g/mol. The van der Waals surface area contributed by atoms with E-state index in [1.165, 1.54) is 22.3 Å². The van der Waals surface area contributed by atoms with Crippen molar-refractivity contribution in [2.75, 3.05) is 4.90 Å². The van der Waals surface area contributed by atoms with Crippen molar-refractivity contribution in [1.29, 1.82) is 0 Å². The van der Waals surface area contributed by atoms with Crippen molar-refractivity contribution >= 4 is 44.1 Å². The summed E-state index contributed by atoms with van der Waals surface area (Å²) >= 11 is 1.19. The largest absolute Gasteiger partial charge is 0.450 e. The van der Waals surface area contributed by atoms with E-state index in [1.807, 2.05) is 30.3 Å². The third-order valence-electron chi connectivity index (χ3n) is 5.68. The Kier molecular flexibility index (Phi) is 4.00. The first-order chi connectivity index (χ1) is 15.5. The van der Waals surface area contributed by atoms with Gasteiger partial charge < -0.3 is 4.42 Å². The Bertz CT molecular complexity index is 1620. The summed E-state index contributed by atoms with van der Waals surface area (Å²) in [6.45, 7) is 1.76. The number of carbonyl (C=O) groups is 1. The Labute approximate surface area is 184 Å². The van der Waals surface area contributed by atoms with Crippen molar-refractivity contribution in [3.63, 3.8) is 0 Å². The highest BCUT2D eigenvalue weighted by Crippen LogP contribution is 2.43. The van der Waals surface area contributed by atoms with Crippen LogP contribution in [0.3, 0.4) is 0 Å². The molecule has 3 aromatic carbocycles. The van der Waals surface area contributed by atoms with Crippen molar-refractivity contribution in [3.8, 4) is 0 Å². The first-order valence-electron chi connectivity index (χ1n) is 9.91.